The molecule has 3 heteroatoms. The third-order valence-electron chi connectivity index (χ3n) is 1.87. The van der Waals surface area contributed by atoms with Crippen molar-refractivity contribution in [2.75, 3.05) is 0 Å². The van der Waals surface area contributed by atoms with Crippen LogP contribution in [0.4, 0.5) is 0 Å². The van der Waals surface area contributed by atoms with Gasteiger partial charge in [-0.25, -0.2) is 0 Å². The summed E-state index contributed by atoms with van der Waals surface area (Å²) in [4.78, 5) is 0. The molecule has 0 fully saturated rings. The monoisotopic (exact) mass is 238 g/mol. The number of nitriles is 1. The van der Waals surface area contributed by atoms with Gasteiger partial charge in [-0.05, 0) is 24.1 Å². The van der Waals surface area contributed by atoms with Gasteiger partial charge in [-0.2, -0.15) is 5.26 Å². The summed E-state index contributed by atoms with van der Waals surface area (Å²) >= 11 is 3.35. The Balaban J connectivity index is 2.62. The fourth-order valence-corrected chi connectivity index (χ4v) is 1.36. The fraction of sp³-hybridized carbons (Fsp3) is 0.300. The van der Waals surface area contributed by atoms with Gasteiger partial charge >= 0.3 is 0 Å². The lowest BCUT2D eigenvalue weighted by atomic mass is 10.0. The molecule has 0 heterocycles. The lowest BCUT2D eigenvalue weighted by molar-refractivity contribution is 0.665. The summed E-state index contributed by atoms with van der Waals surface area (Å²) in [6.07, 6.45) is 1.23. The van der Waals surface area contributed by atoms with Crippen LogP contribution >= 0.6 is 15.9 Å². The maximum atomic E-state index is 8.39. The molecule has 1 unspecified atom stereocenters. The standard InChI is InChI=1S/C10H11BrN2/c11-9-5-3-8(4-6-9)10(13)2-1-7-12/h3-6,10H,1-2,13H2. The number of nitrogens with two attached hydrogens (primary N) is 1. The third kappa shape index (κ3) is 3.17. The van der Waals surface area contributed by atoms with Crippen LogP contribution < -0.4 is 5.73 Å². The molecule has 68 valence electrons. The van der Waals surface area contributed by atoms with Gasteiger partial charge in [-0.15, -0.1) is 0 Å². The van der Waals surface area contributed by atoms with Crippen LogP contribution in [0.2, 0.25) is 0 Å². The highest BCUT2D eigenvalue weighted by Crippen LogP contribution is 2.18. The summed E-state index contributed by atoms with van der Waals surface area (Å²) in [5.41, 5.74) is 6.95. The summed E-state index contributed by atoms with van der Waals surface area (Å²) in [7, 11) is 0. The molecule has 0 bridgehead atoms. The van der Waals surface area contributed by atoms with Crippen LogP contribution in [0.3, 0.4) is 0 Å². The van der Waals surface area contributed by atoms with E-state index in [9.17, 15) is 0 Å². The van der Waals surface area contributed by atoms with Crippen molar-refractivity contribution in [3.8, 4) is 6.07 Å². The maximum absolute atomic E-state index is 8.39. The second-order valence-electron chi connectivity index (χ2n) is 2.85. The van der Waals surface area contributed by atoms with Gasteiger partial charge in [-0.1, -0.05) is 28.1 Å². The van der Waals surface area contributed by atoms with E-state index in [0.29, 0.717) is 6.42 Å². The van der Waals surface area contributed by atoms with E-state index in [1.54, 1.807) is 0 Å². The molecule has 0 aliphatic rings. The Labute approximate surface area is 86.5 Å². The van der Waals surface area contributed by atoms with Gasteiger partial charge in [0.25, 0.3) is 0 Å². The summed E-state index contributed by atoms with van der Waals surface area (Å²) in [6.45, 7) is 0. The van der Waals surface area contributed by atoms with Gasteiger partial charge in [-0.3, -0.25) is 0 Å². The summed E-state index contributed by atoms with van der Waals surface area (Å²) in [6, 6.07) is 9.95. The fourth-order valence-electron chi connectivity index (χ4n) is 1.10. The smallest absolute Gasteiger partial charge is 0.0622 e. The predicted molar refractivity (Wildman–Crippen MR) is 55.9 cm³/mol. The van der Waals surface area contributed by atoms with E-state index in [-0.39, 0.29) is 6.04 Å². The molecule has 2 nitrogen and oxygen atoms in total. The highest BCUT2D eigenvalue weighted by molar-refractivity contribution is 9.10. The van der Waals surface area contributed by atoms with E-state index < -0.39 is 0 Å². The van der Waals surface area contributed by atoms with Crippen molar-refractivity contribution < 1.29 is 0 Å². The zero-order chi connectivity index (χ0) is 9.68. The van der Waals surface area contributed by atoms with Crippen molar-refractivity contribution in [3.05, 3.63) is 34.3 Å². The van der Waals surface area contributed by atoms with Gasteiger partial charge in [0, 0.05) is 16.9 Å². The lowest BCUT2D eigenvalue weighted by Gasteiger charge is -2.09. The number of nitrogens with zero attached hydrogens (tertiary/aromatic N) is 1. The predicted octanol–water partition coefficient (Wildman–Crippen LogP) is 2.75. The maximum Gasteiger partial charge on any atom is 0.0622 e. The summed E-state index contributed by atoms with van der Waals surface area (Å²) < 4.78 is 1.05. The van der Waals surface area contributed by atoms with Crippen LogP contribution in [0.25, 0.3) is 0 Å². The van der Waals surface area contributed by atoms with Crippen LogP contribution in [0.5, 0.6) is 0 Å². The first-order valence-electron chi connectivity index (χ1n) is 4.12. The Bertz CT molecular complexity index is 300. The van der Waals surface area contributed by atoms with E-state index in [2.05, 4.69) is 22.0 Å². The Morgan fingerprint density at radius 1 is 1.38 bits per heavy atom. The topological polar surface area (TPSA) is 49.8 Å². The first kappa shape index (κ1) is 10.2. The van der Waals surface area contributed by atoms with Crippen molar-refractivity contribution in [1.29, 1.82) is 5.26 Å². The van der Waals surface area contributed by atoms with Crippen LogP contribution in [0.15, 0.2) is 28.7 Å². The van der Waals surface area contributed by atoms with Crippen molar-refractivity contribution in [2.24, 2.45) is 5.73 Å². The zero-order valence-electron chi connectivity index (χ0n) is 7.20. The van der Waals surface area contributed by atoms with Crippen LogP contribution in [-0.2, 0) is 0 Å². The minimum Gasteiger partial charge on any atom is -0.324 e. The van der Waals surface area contributed by atoms with Crippen molar-refractivity contribution in [2.45, 2.75) is 18.9 Å². The minimum atomic E-state index is -0.0206. The summed E-state index contributed by atoms with van der Waals surface area (Å²) in [5.74, 6) is 0. The van der Waals surface area contributed by atoms with Crippen LogP contribution in [0, 0.1) is 11.3 Å². The molecule has 0 aromatic heterocycles. The van der Waals surface area contributed by atoms with Gasteiger partial charge in [0.1, 0.15) is 0 Å². The molecule has 0 saturated heterocycles. The first-order chi connectivity index (χ1) is 6.24. The van der Waals surface area contributed by atoms with Crippen LogP contribution in [0.1, 0.15) is 24.4 Å². The van der Waals surface area contributed by atoms with E-state index >= 15 is 0 Å². The summed E-state index contributed by atoms with van der Waals surface area (Å²) in [5, 5.41) is 8.39. The number of rotatable bonds is 3. The van der Waals surface area contributed by atoms with Crippen LogP contribution in [-0.4, -0.2) is 0 Å². The Morgan fingerprint density at radius 3 is 2.54 bits per heavy atom. The normalized spacial score (nSPS) is 12.1. The molecule has 2 N–H and O–H groups in total. The minimum absolute atomic E-state index is 0.0206. The molecule has 1 atom stereocenters. The highest BCUT2D eigenvalue weighted by atomic mass is 79.9. The Morgan fingerprint density at radius 2 is 2.00 bits per heavy atom. The third-order valence-corrected chi connectivity index (χ3v) is 2.39. The lowest BCUT2D eigenvalue weighted by Crippen LogP contribution is -2.09. The molecule has 0 saturated carbocycles. The van der Waals surface area contributed by atoms with E-state index in [1.807, 2.05) is 24.3 Å². The molecule has 13 heavy (non-hydrogen) atoms. The molecule has 1 rings (SSSR count). The zero-order valence-corrected chi connectivity index (χ0v) is 8.79. The molecule has 0 aliphatic heterocycles. The van der Waals surface area contributed by atoms with Crippen molar-refractivity contribution in [3.63, 3.8) is 0 Å². The van der Waals surface area contributed by atoms with E-state index in [0.717, 1.165) is 16.5 Å². The first-order valence-corrected chi connectivity index (χ1v) is 4.91. The molecule has 0 aliphatic carbocycles. The molecular formula is C10H11BrN2. The van der Waals surface area contributed by atoms with Gasteiger partial charge in [0.15, 0.2) is 0 Å². The van der Waals surface area contributed by atoms with Crippen molar-refractivity contribution >= 4 is 15.9 Å². The highest BCUT2D eigenvalue weighted by Gasteiger charge is 2.04. The van der Waals surface area contributed by atoms with Crippen molar-refractivity contribution in [1.82, 2.24) is 0 Å². The molecule has 1 aromatic carbocycles. The number of benzene rings is 1. The van der Waals surface area contributed by atoms with Gasteiger partial charge in [0.05, 0.1) is 6.07 Å². The van der Waals surface area contributed by atoms with Gasteiger partial charge in [0.2, 0.25) is 0 Å². The second kappa shape index (κ2) is 5.00. The molecule has 0 spiro atoms. The molecule has 1 aromatic rings. The number of hydrogen-bond donors (Lipinski definition) is 1. The quantitative estimate of drug-likeness (QED) is 0.881. The Kier molecular flexibility index (Phi) is 3.94. The van der Waals surface area contributed by atoms with E-state index in [4.69, 9.17) is 11.0 Å². The number of hydrogen-bond acceptors (Lipinski definition) is 2. The second-order valence-corrected chi connectivity index (χ2v) is 3.77. The molecule has 0 amide bonds. The van der Waals surface area contributed by atoms with Gasteiger partial charge < -0.3 is 5.73 Å². The largest absolute Gasteiger partial charge is 0.324 e. The molecular weight excluding hydrogens is 228 g/mol. The van der Waals surface area contributed by atoms with E-state index in [1.165, 1.54) is 0 Å². The molecule has 0 radical (unpaired) electrons. The SMILES string of the molecule is N#CCCC(N)c1ccc(Br)cc1. The average molecular weight is 239 g/mol. The number of halogens is 1. The Hall–Kier alpha value is -0.850. The average Bonchev–Trinajstić information content (AvgIpc) is 2.15.